The molecule has 8 heteroatoms. The van der Waals surface area contributed by atoms with Gasteiger partial charge in [-0.3, -0.25) is 0 Å². The summed E-state index contributed by atoms with van der Waals surface area (Å²) in [6.07, 6.45) is -1.19. The lowest BCUT2D eigenvalue weighted by molar-refractivity contribution is -0.141. The van der Waals surface area contributed by atoms with E-state index in [1.165, 1.54) is 11.8 Å². The number of aliphatic carboxylic acids is 1. The van der Waals surface area contributed by atoms with Crippen molar-refractivity contribution in [2.45, 2.75) is 32.9 Å². The van der Waals surface area contributed by atoms with Gasteiger partial charge in [-0.25, -0.2) is 9.59 Å². The van der Waals surface area contributed by atoms with Gasteiger partial charge in [0, 0.05) is 26.3 Å². The van der Waals surface area contributed by atoms with Gasteiger partial charge in [0.1, 0.15) is 0 Å². The first-order valence-corrected chi connectivity index (χ1v) is 7.05. The van der Waals surface area contributed by atoms with E-state index in [9.17, 15) is 14.7 Å². The number of nitrogens with one attached hydrogen (secondary N) is 1. The van der Waals surface area contributed by atoms with Crippen molar-refractivity contribution in [2.24, 2.45) is 0 Å². The summed E-state index contributed by atoms with van der Waals surface area (Å²) in [6, 6.07) is -1.91. The van der Waals surface area contributed by atoms with Gasteiger partial charge >= 0.3 is 12.0 Å². The SMILES string of the molecule is CCOCCN(CCOCC)C(=O)N[C@H](C(=O)O)[C@@H](C)O. The van der Waals surface area contributed by atoms with Crippen molar-refractivity contribution in [3.05, 3.63) is 0 Å². The molecule has 0 saturated heterocycles. The van der Waals surface area contributed by atoms with Crippen LogP contribution in [0.25, 0.3) is 0 Å². The second-order valence-corrected chi connectivity index (χ2v) is 4.39. The second kappa shape index (κ2) is 11.3. The van der Waals surface area contributed by atoms with Crippen molar-refractivity contribution in [1.82, 2.24) is 10.2 Å². The van der Waals surface area contributed by atoms with Gasteiger partial charge in [-0.2, -0.15) is 0 Å². The summed E-state index contributed by atoms with van der Waals surface area (Å²) >= 11 is 0. The fraction of sp³-hybridized carbons (Fsp3) is 0.846. The molecule has 0 rings (SSSR count). The molecular formula is C13H26N2O6. The maximum absolute atomic E-state index is 12.1. The lowest BCUT2D eigenvalue weighted by atomic mass is 10.2. The number of urea groups is 1. The zero-order valence-electron chi connectivity index (χ0n) is 12.9. The van der Waals surface area contributed by atoms with Crippen LogP contribution < -0.4 is 5.32 Å². The number of rotatable bonds is 11. The molecule has 0 aromatic carbocycles. The summed E-state index contributed by atoms with van der Waals surface area (Å²) in [5.41, 5.74) is 0. The number of ether oxygens (including phenoxy) is 2. The molecule has 0 aliphatic carbocycles. The Morgan fingerprint density at radius 1 is 1.14 bits per heavy atom. The van der Waals surface area contributed by atoms with Crippen molar-refractivity contribution in [2.75, 3.05) is 39.5 Å². The van der Waals surface area contributed by atoms with E-state index in [0.717, 1.165) is 0 Å². The third-order valence-electron chi connectivity index (χ3n) is 2.73. The number of aliphatic hydroxyl groups is 1. The van der Waals surface area contributed by atoms with E-state index < -0.39 is 24.1 Å². The molecule has 0 aromatic rings. The molecule has 3 N–H and O–H groups in total. The van der Waals surface area contributed by atoms with Gasteiger partial charge in [0.05, 0.1) is 19.3 Å². The minimum Gasteiger partial charge on any atom is -0.480 e. The van der Waals surface area contributed by atoms with Gasteiger partial charge < -0.3 is 29.9 Å². The third-order valence-corrected chi connectivity index (χ3v) is 2.73. The summed E-state index contributed by atoms with van der Waals surface area (Å²) in [6.45, 7) is 7.40. The lowest BCUT2D eigenvalue weighted by Gasteiger charge is -2.26. The highest BCUT2D eigenvalue weighted by molar-refractivity contribution is 5.83. The highest BCUT2D eigenvalue weighted by atomic mass is 16.5. The molecule has 0 fully saturated rings. The first-order chi connectivity index (χ1) is 9.93. The molecule has 0 aliphatic rings. The van der Waals surface area contributed by atoms with E-state index in [2.05, 4.69) is 5.32 Å². The fourth-order valence-electron chi connectivity index (χ4n) is 1.57. The largest absolute Gasteiger partial charge is 0.480 e. The second-order valence-electron chi connectivity index (χ2n) is 4.39. The Hall–Kier alpha value is -1.38. The number of hydrogen-bond donors (Lipinski definition) is 3. The van der Waals surface area contributed by atoms with E-state index in [1.54, 1.807) is 0 Å². The number of nitrogens with zero attached hydrogens (tertiary/aromatic N) is 1. The highest BCUT2D eigenvalue weighted by Gasteiger charge is 2.27. The standard InChI is InChI=1S/C13H26N2O6/c1-4-20-8-6-15(7-9-21-5-2)13(19)14-11(10(3)16)12(17)18/h10-11,16H,4-9H2,1-3H3,(H,14,19)(H,17,18)/t10-,11+/m1/s1. The first-order valence-electron chi connectivity index (χ1n) is 7.05. The summed E-state index contributed by atoms with van der Waals surface area (Å²) in [5.74, 6) is -1.28. The molecule has 0 bridgehead atoms. The number of aliphatic hydroxyl groups excluding tert-OH is 1. The lowest BCUT2D eigenvalue weighted by Crippen LogP contribution is -2.53. The number of carbonyl (C=O) groups excluding carboxylic acids is 1. The van der Waals surface area contributed by atoms with Gasteiger partial charge in [-0.05, 0) is 20.8 Å². The zero-order chi connectivity index (χ0) is 16.3. The monoisotopic (exact) mass is 306 g/mol. The maximum Gasteiger partial charge on any atom is 0.328 e. The van der Waals surface area contributed by atoms with E-state index in [1.807, 2.05) is 13.8 Å². The molecule has 2 amide bonds. The Morgan fingerprint density at radius 3 is 1.95 bits per heavy atom. The molecule has 0 aliphatic heterocycles. The molecule has 21 heavy (non-hydrogen) atoms. The Labute approximate surface area is 125 Å². The van der Waals surface area contributed by atoms with Crippen LogP contribution in [0.3, 0.4) is 0 Å². The number of carboxylic acids is 1. The van der Waals surface area contributed by atoms with Crippen LogP contribution in [0, 0.1) is 0 Å². The van der Waals surface area contributed by atoms with E-state index in [4.69, 9.17) is 14.6 Å². The van der Waals surface area contributed by atoms with Gasteiger partial charge in [0.25, 0.3) is 0 Å². The number of carboxylic acid groups (broad SMARTS) is 1. The minimum absolute atomic E-state index is 0.318. The van der Waals surface area contributed by atoms with E-state index in [0.29, 0.717) is 39.5 Å². The van der Waals surface area contributed by atoms with Gasteiger partial charge in [-0.15, -0.1) is 0 Å². The van der Waals surface area contributed by atoms with Gasteiger partial charge in [0.15, 0.2) is 6.04 Å². The Bertz CT molecular complexity index is 301. The van der Waals surface area contributed by atoms with Crippen LogP contribution in [0.15, 0.2) is 0 Å². The van der Waals surface area contributed by atoms with Gasteiger partial charge in [-0.1, -0.05) is 0 Å². The maximum atomic E-state index is 12.1. The molecule has 0 heterocycles. The molecule has 8 nitrogen and oxygen atoms in total. The Kier molecular flexibility index (Phi) is 10.6. The van der Waals surface area contributed by atoms with Crippen LogP contribution in [0.4, 0.5) is 4.79 Å². The van der Waals surface area contributed by atoms with Crippen LogP contribution in [-0.2, 0) is 14.3 Å². The Balaban J connectivity index is 4.55. The van der Waals surface area contributed by atoms with Crippen molar-refractivity contribution in [3.8, 4) is 0 Å². The smallest absolute Gasteiger partial charge is 0.328 e. The van der Waals surface area contributed by atoms with E-state index in [-0.39, 0.29) is 0 Å². The first kappa shape index (κ1) is 19.6. The average molecular weight is 306 g/mol. The van der Waals surface area contributed by atoms with Crippen LogP contribution in [0.2, 0.25) is 0 Å². The van der Waals surface area contributed by atoms with Crippen molar-refractivity contribution >= 4 is 12.0 Å². The molecule has 124 valence electrons. The quantitative estimate of drug-likeness (QED) is 0.460. The molecule has 0 spiro atoms. The summed E-state index contributed by atoms with van der Waals surface area (Å²) in [4.78, 5) is 24.5. The third kappa shape index (κ3) is 8.49. The van der Waals surface area contributed by atoms with Crippen LogP contribution in [0.1, 0.15) is 20.8 Å². The van der Waals surface area contributed by atoms with Crippen molar-refractivity contribution < 1.29 is 29.3 Å². The molecule has 0 aromatic heterocycles. The minimum atomic E-state index is -1.35. The van der Waals surface area contributed by atoms with Crippen LogP contribution in [-0.4, -0.2) is 78.8 Å². The van der Waals surface area contributed by atoms with Crippen LogP contribution in [0.5, 0.6) is 0 Å². The van der Waals surface area contributed by atoms with Gasteiger partial charge in [0.2, 0.25) is 0 Å². The normalized spacial score (nSPS) is 13.5. The highest BCUT2D eigenvalue weighted by Crippen LogP contribution is 1.98. The number of carbonyl (C=O) groups is 2. The summed E-state index contributed by atoms with van der Waals surface area (Å²) in [5, 5.41) is 20.6. The molecule has 0 saturated carbocycles. The number of hydrogen-bond acceptors (Lipinski definition) is 5. The average Bonchev–Trinajstić information content (AvgIpc) is 2.42. The summed E-state index contributed by atoms with van der Waals surface area (Å²) in [7, 11) is 0. The molecular weight excluding hydrogens is 280 g/mol. The zero-order valence-corrected chi connectivity index (χ0v) is 12.9. The predicted molar refractivity (Wildman–Crippen MR) is 76.2 cm³/mol. The molecule has 0 unspecified atom stereocenters. The topological polar surface area (TPSA) is 108 Å². The Morgan fingerprint density at radius 2 is 1.62 bits per heavy atom. The van der Waals surface area contributed by atoms with Crippen molar-refractivity contribution in [3.63, 3.8) is 0 Å². The summed E-state index contributed by atoms with van der Waals surface area (Å²) < 4.78 is 10.4. The molecule has 0 radical (unpaired) electrons. The predicted octanol–water partition coefficient (Wildman–Crippen LogP) is -0.0950. The fourth-order valence-corrected chi connectivity index (χ4v) is 1.57. The van der Waals surface area contributed by atoms with Crippen molar-refractivity contribution in [1.29, 1.82) is 0 Å². The van der Waals surface area contributed by atoms with E-state index >= 15 is 0 Å². The number of amides is 2. The molecule has 2 atom stereocenters. The van der Waals surface area contributed by atoms with Crippen LogP contribution >= 0.6 is 0 Å².